The van der Waals surface area contributed by atoms with E-state index in [-0.39, 0.29) is 29.1 Å². The SMILES string of the molecule is CC[C@@H](C(=O)NC1CCCC1)N(Cc1c(Cl)cccc1Cl)C(=O)CN(c1cccc(Cl)c1)S(=O)(=O)c1ccccc1. The Morgan fingerprint density at radius 2 is 1.56 bits per heavy atom. The summed E-state index contributed by atoms with van der Waals surface area (Å²) in [6.07, 6.45) is 4.13. The van der Waals surface area contributed by atoms with E-state index in [0.29, 0.717) is 27.1 Å². The van der Waals surface area contributed by atoms with Gasteiger partial charge in [-0.15, -0.1) is 0 Å². The molecule has 1 atom stereocenters. The van der Waals surface area contributed by atoms with Gasteiger partial charge in [0.15, 0.2) is 0 Å². The van der Waals surface area contributed by atoms with Crippen LogP contribution in [0.3, 0.4) is 0 Å². The van der Waals surface area contributed by atoms with Gasteiger partial charge in [0.1, 0.15) is 12.6 Å². The third-order valence-electron chi connectivity index (χ3n) is 7.18. The molecule has 0 saturated heterocycles. The van der Waals surface area contributed by atoms with E-state index in [1.54, 1.807) is 54.6 Å². The minimum absolute atomic E-state index is 0.0134. The standard InChI is InChI=1S/C30H32Cl3N3O4S/c1-2-28(30(38)34-22-11-6-7-12-22)35(19-25-26(32)16-9-17-27(25)33)29(37)20-36(23-13-8-10-21(31)18-23)41(39,40)24-14-4-3-5-15-24/h3-5,8-10,13-18,22,28H,2,6-7,11-12,19-20H2,1H3,(H,34,38)/t28-/m0/s1. The predicted molar refractivity (Wildman–Crippen MR) is 164 cm³/mol. The average Bonchev–Trinajstić information content (AvgIpc) is 3.46. The number of carbonyl (C=O) groups excluding carboxylic acids is 2. The molecule has 0 spiro atoms. The van der Waals surface area contributed by atoms with Gasteiger partial charge >= 0.3 is 0 Å². The normalized spacial score (nSPS) is 14.4. The number of hydrogen-bond acceptors (Lipinski definition) is 4. The minimum Gasteiger partial charge on any atom is -0.352 e. The molecular weight excluding hydrogens is 605 g/mol. The van der Waals surface area contributed by atoms with Crippen molar-refractivity contribution in [2.24, 2.45) is 0 Å². The first-order valence-corrected chi connectivity index (χ1v) is 16.0. The highest BCUT2D eigenvalue weighted by molar-refractivity contribution is 7.92. The molecule has 11 heteroatoms. The predicted octanol–water partition coefficient (Wildman–Crippen LogP) is 6.71. The number of carbonyl (C=O) groups is 2. The van der Waals surface area contributed by atoms with Crippen molar-refractivity contribution in [3.63, 3.8) is 0 Å². The molecule has 7 nitrogen and oxygen atoms in total. The lowest BCUT2D eigenvalue weighted by Gasteiger charge is -2.34. The van der Waals surface area contributed by atoms with E-state index in [1.165, 1.54) is 23.1 Å². The van der Waals surface area contributed by atoms with Gasteiger partial charge in [0.05, 0.1) is 10.6 Å². The van der Waals surface area contributed by atoms with Crippen molar-refractivity contribution < 1.29 is 18.0 Å². The van der Waals surface area contributed by atoms with Gasteiger partial charge in [0.2, 0.25) is 11.8 Å². The maximum absolute atomic E-state index is 14.2. The Kier molecular flexibility index (Phi) is 10.6. The van der Waals surface area contributed by atoms with E-state index in [2.05, 4.69) is 5.32 Å². The second kappa shape index (κ2) is 13.9. The molecule has 0 aliphatic heterocycles. The Balaban J connectivity index is 1.74. The Morgan fingerprint density at radius 3 is 2.17 bits per heavy atom. The zero-order valence-electron chi connectivity index (χ0n) is 22.6. The summed E-state index contributed by atoms with van der Waals surface area (Å²) >= 11 is 19.2. The van der Waals surface area contributed by atoms with E-state index in [4.69, 9.17) is 34.8 Å². The van der Waals surface area contributed by atoms with E-state index >= 15 is 0 Å². The lowest BCUT2D eigenvalue weighted by Crippen LogP contribution is -2.53. The first-order valence-electron chi connectivity index (χ1n) is 13.5. The molecule has 1 N–H and O–H groups in total. The number of nitrogens with zero attached hydrogens (tertiary/aromatic N) is 2. The highest BCUT2D eigenvalue weighted by Gasteiger charge is 2.35. The molecule has 0 radical (unpaired) electrons. The van der Waals surface area contributed by atoms with Gasteiger partial charge in [0, 0.05) is 33.2 Å². The zero-order chi connectivity index (χ0) is 29.6. The fraction of sp³-hybridized carbons (Fsp3) is 0.333. The lowest BCUT2D eigenvalue weighted by atomic mass is 10.1. The summed E-state index contributed by atoms with van der Waals surface area (Å²) in [6, 6.07) is 18.3. The minimum atomic E-state index is -4.19. The molecule has 1 saturated carbocycles. The summed E-state index contributed by atoms with van der Waals surface area (Å²) in [6.45, 7) is 1.15. The van der Waals surface area contributed by atoms with Gasteiger partial charge in [-0.05, 0) is 61.7 Å². The molecule has 2 amide bonds. The highest BCUT2D eigenvalue weighted by Crippen LogP contribution is 2.30. The van der Waals surface area contributed by atoms with Crippen molar-refractivity contribution in [2.45, 2.75) is 62.6 Å². The number of sulfonamides is 1. The molecular formula is C30H32Cl3N3O4S. The van der Waals surface area contributed by atoms with Crippen LogP contribution in [0.2, 0.25) is 15.1 Å². The molecule has 4 rings (SSSR count). The van der Waals surface area contributed by atoms with Gasteiger partial charge in [-0.2, -0.15) is 0 Å². The van der Waals surface area contributed by atoms with E-state index in [0.717, 1.165) is 30.0 Å². The Hall–Kier alpha value is -2.78. The van der Waals surface area contributed by atoms with Crippen LogP contribution in [0.25, 0.3) is 0 Å². The first kappa shape index (κ1) is 31.2. The molecule has 1 fully saturated rings. The maximum atomic E-state index is 14.2. The summed E-state index contributed by atoms with van der Waals surface area (Å²) in [7, 11) is -4.19. The summed E-state index contributed by atoms with van der Waals surface area (Å²) in [5.41, 5.74) is 0.686. The summed E-state index contributed by atoms with van der Waals surface area (Å²) < 4.78 is 28.7. The van der Waals surface area contributed by atoms with Crippen LogP contribution in [0.15, 0.2) is 77.7 Å². The van der Waals surface area contributed by atoms with Gasteiger partial charge in [-0.1, -0.05) is 84.9 Å². The Bertz CT molecular complexity index is 1460. The van der Waals surface area contributed by atoms with Crippen LogP contribution in [0.5, 0.6) is 0 Å². The molecule has 0 unspecified atom stereocenters. The second-order valence-electron chi connectivity index (χ2n) is 9.94. The Morgan fingerprint density at radius 1 is 0.927 bits per heavy atom. The van der Waals surface area contributed by atoms with Crippen molar-refractivity contribution in [1.29, 1.82) is 0 Å². The quantitative estimate of drug-likeness (QED) is 0.254. The fourth-order valence-electron chi connectivity index (χ4n) is 5.02. The largest absolute Gasteiger partial charge is 0.352 e. The van der Waals surface area contributed by atoms with Crippen LogP contribution in [0.1, 0.15) is 44.6 Å². The van der Waals surface area contributed by atoms with Gasteiger partial charge < -0.3 is 10.2 Å². The van der Waals surface area contributed by atoms with Crippen molar-refractivity contribution >= 4 is 62.3 Å². The smallest absolute Gasteiger partial charge is 0.264 e. The van der Waals surface area contributed by atoms with Crippen LogP contribution in [0.4, 0.5) is 5.69 Å². The van der Waals surface area contributed by atoms with Crippen molar-refractivity contribution in [1.82, 2.24) is 10.2 Å². The first-order chi connectivity index (χ1) is 19.6. The summed E-state index contributed by atoms with van der Waals surface area (Å²) in [5, 5.41) is 4.07. The topological polar surface area (TPSA) is 86.8 Å². The van der Waals surface area contributed by atoms with Crippen LogP contribution in [-0.2, 0) is 26.2 Å². The zero-order valence-corrected chi connectivity index (χ0v) is 25.7. The fourth-order valence-corrected chi connectivity index (χ4v) is 7.15. The summed E-state index contributed by atoms with van der Waals surface area (Å²) in [4.78, 5) is 29.1. The molecule has 218 valence electrons. The van der Waals surface area contributed by atoms with Gasteiger partial charge in [-0.25, -0.2) is 8.42 Å². The van der Waals surface area contributed by atoms with Crippen molar-refractivity contribution in [3.8, 4) is 0 Å². The third kappa shape index (κ3) is 7.55. The monoisotopic (exact) mass is 635 g/mol. The van der Waals surface area contributed by atoms with Crippen LogP contribution < -0.4 is 9.62 Å². The Labute approximate surface area is 256 Å². The number of anilines is 1. The molecule has 0 heterocycles. The molecule has 1 aliphatic carbocycles. The maximum Gasteiger partial charge on any atom is 0.264 e. The number of amides is 2. The van der Waals surface area contributed by atoms with E-state index in [1.807, 2.05) is 6.92 Å². The van der Waals surface area contributed by atoms with Crippen LogP contribution in [0, 0.1) is 0 Å². The van der Waals surface area contributed by atoms with E-state index in [9.17, 15) is 18.0 Å². The highest BCUT2D eigenvalue weighted by atomic mass is 35.5. The van der Waals surface area contributed by atoms with Crippen molar-refractivity contribution in [2.75, 3.05) is 10.8 Å². The molecule has 3 aromatic rings. The second-order valence-corrected chi connectivity index (χ2v) is 13.1. The lowest BCUT2D eigenvalue weighted by molar-refractivity contribution is -0.140. The third-order valence-corrected chi connectivity index (χ3v) is 9.92. The van der Waals surface area contributed by atoms with Crippen LogP contribution in [-0.4, -0.2) is 43.8 Å². The van der Waals surface area contributed by atoms with Crippen LogP contribution >= 0.6 is 34.8 Å². The number of hydrogen-bond donors (Lipinski definition) is 1. The molecule has 0 aromatic heterocycles. The van der Waals surface area contributed by atoms with Crippen molar-refractivity contribution in [3.05, 3.63) is 93.4 Å². The van der Waals surface area contributed by atoms with Gasteiger partial charge in [0.25, 0.3) is 10.0 Å². The molecule has 41 heavy (non-hydrogen) atoms. The molecule has 0 bridgehead atoms. The average molecular weight is 637 g/mol. The molecule has 3 aromatic carbocycles. The summed E-state index contributed by atoms with van der Waals surface area (Å²) in [5.74, 6) is -0.884. The number of nitrogens with one attached hydrogen (secondary N) is 1. The van der Waals surface area contributed by atoms with E-state index < -0.39 is 28.5 Å². The number of halogens is 3. The van der Waals surface area contributed by atoms with Gasteiger partial charge in [-0.3, -0.25) is 13.9 Å². The molecule has 1 aliphatic rings. The number of rotatable bonds is 11. The number of benzene rings is 3.